The highest BCUT2D eigenvalue weighted by Gasteiger charge is 2.09. The molecule has 132 valence electrons. The molecular weight excluding hydrogens is 348 g/mol. The van der Waals surface area contributed by atoms with Crippen molar-refractivity contribution in [2.24, 2.45) is 0 Å². The lowest BCUT2D eigenvalue weighted by atomic mass is 10.1. The topological polar surface area (TPSA) is 84.0 Å². The summed E-state index contributed by atoms with van der Waals surface area (Å²) in [5.74, 6) is -0.238. The van der Waals surface area contributed by atoms with E-state index < -0.39 is 0 Å². The Hall–Kier alpha value is -3.06. The highest BCUT2D eigenvalue weighted by Crippen LogP contribution is 2.26. The van der Waals surface area contributed by atoms with Gasteiger partial charge >= 0.3 is 0 Å². The van der Waals surface area contributed by atoms with Crippen LogP contribution in [0.1, 0.15) is 18.2 Å². The molecule has 3 aromatic rings. The van der Waals surface area contributed by atoms with Crippen molar-refractivity contribution in [1.29, 1.82) is 0 Å². The SMILES string of the molecule is CC(=O)Nc1ccc(-c2csc(NC(=O)Cc3ccc(C)nc3)n2)cc1. The van der Waals surface area contributed by atoms with E-state index in [-0.39, 0.29) is 18.2 Å². The molecule has 0 fully saturated rings. The number of benzene rings is 1. The number of carbonyl (C=O) groups is 2. The molecule has 3 rings (SSSR count). The maximum Gasteiger partial charge on any atom is 0.230 e. The van der Waals surface area contributed by atoms with Gasteiger partial charge in [-0.05, 0) is 30.7 Å². The summed E-state index contributed by atoms with van der Waals surface area (Å²) in [7, 11) is 0. The smallest absolute Gasteiger partial charge is 0.230 e. The largest absolute Gasteiger partial charge is 0.326 e. The average molecular weight is 366 g/mol. The lowest BCUT2D eigenvalue weighted by Crippen LogP contribution is -2.14. The van der Waals surface area contributed by atoms with Crippen LogP contribution in [0.4, 0.5) is 10.8 Å². The van der Waals surface area contributed by atoms with E-state index >= 15 is 0 Å². The van der Waals surface area contributed by atoms with Gasteiger partial charge in [-0.2, -0.15) is 0 Å². The van der Waals surface area contributed by atoms with Gasteiger partial charge in [-0.1, -0.05) is 18.2 Å². The van der Waals surface area contributed by atoms with Gasteiger partial charge in [0.2, 0.25) is 11.8 Å². The third-order valence-corrected chi connectivity index (χ3v) is 4.35. The van der Waals surface area contributed by atoms with Crippen molar-refractivity contribution >= 4 is 34.0 Å². The van der Waals surface area contributed by atoms with Gasteiger partial charge in [-0.15, -0.1) is 11.3 Å². The summed E-state index contributed by atoms with van der Waals surface area (Å²) in [6, 6.07) is 11.2. The van der Waals surface area contributed by atoms with Crippen molar-refractivity contribution in [3.63, 3.8) is 0 Å². The molecule has 26 heavy (non-hydrogen) atoms. The fraction of sp³-hybridized carbons (Fsp3) is 0.158. The van der Waals surface area contributed by atoms with Crippen LogP contribution in [-0.2, 0) is 16.0 Å². The zero-order valence-corrected chi connectivity index (χ0v) is 15.3. The van der Waals surface area contributed by atoms with Crippen LogP contribution in [0.5, 0.6) is 0 Å². The molecule has 0 atom stereocenters. The zero-order chi connectivity index (χ0) is 18.5. The van der Waals surface area contributed by atoms with E-state index in [1.165, 1.54) is 18.3 Å². The van der Waals surface area contributed by atoms with Crippen LogP contribution in [-0.4, -0.2) is 21.8 Å². The number of anilines is 2. The second kappa shape index (κ2) is 7.88. The molecule has 2 heterocycles. The molecule has 2 N–H and O–H groups in total. The van der Waals surface area contributed by atoms with Crippen LogP contribution in [0.3, 0.4) is 0 Å². The minimum absolute atomic E-state index is 0.111. The van der Waals surface area contributed by atoms with Crippen LogP contribution < -0.4 is 10.6 Å². The van der Waals surface area contributed by atoms with Gasteiger partial charge in [0.15, 0.2) is 5.13 Å². The molecule has 6 nitrogen and oxygen atoms in total. The van der Waals surface area contributed by atoms with Gasteiger partial charge in [-0.3, -0.25) is 14.6 Å². The van der Waals surface area contributed by atoms with E-state index in [1.807, 2.05) is 48.7 Å². The summed E-state index contributed by atoms with van der Waals surface area (Å²) in [4.78, 5) is 31.8. The molecule has 0 bridgehead atoms. The lowest BCUT2D eigenvalue weighted by molar-refractivity contribution is -0.116. The van der Waals surface area contributed by atoms with Gasteiger partial charge in [0, 0.05) is 35.4 Å². The summed E-state index contributed by atoms with van der Waals surface area (Å²) in [5, 5.41) is 7.98. The van der Waals surface area contributed by atoms with Crippen molar-refractivity contribution in [2.75, 3.05) is 10.6 Å². The molecule has 1 aromatic carbocycles. The van der Waals surface area contributed by atoms with Crippen LogP contribution in [0.15, 0.2) is 48.0 Å². The zero-order valence-electron chi connectivity index (χ0n) is 14.4. The summed E-state index contributed by atoms with van der Waals surface area (Å²) < 4.78 is 0. The number of carbonyl (C=O) groups excluding carboxylic acids is 2. The molecule has 2 amide bonds. The third kappa shape index (κ3) is 4.73. The standard InChI is InChI=1S/C19H18N4O2S/c1-12-3-4-14(10-20-12)9-18(25)23-19-22-17(11-26-19)15-5-7-16(8-6-15)21-13(2)24/h3-8,10-11H,9H2,1-2H3,(H,21,24)(H,22,23,25). The first kappa shape index (κ1) is 17.8. The first-order valence-corrected chi connectivity index (χ1v) is 8.92. The first-order chi connectivity index (χ1) is 12.5. The van der Waals surface area contributed by atoms with Gasteiger partial charge < -0.3 is 10.6 Å². The average Bonchev–Trinajstić information content (AvgIpc) is 3.05. The number of rotatable bonds is 5. The number of pyridine rings is 1. The summed E-state index contributed by atoms with van der Waals surface area (Å²) in [6.07, 6.45) is 1.96. The van der Waals surface area contributed by atoms with E-state index in [1.54, 1.807) is 6.20 Å². The first-order valence-electron chi connectivity index (χ1n) is 8.04. The van der Waals surface area contributed by atoms with Crippen LogP contribution in [0.25, 0.3) is 11.3 Å². The normalized spacial score (nSPS) is 10.4. The van der Waals surface area contributed by atoms with Crippen molar-refractivity contribution in [3.8, 4) is 11.3 Å². The third-order valence-electron chi connectivity index (χ3n) is 3.59. The predicted molar refractivity (Wildman–Crippen MR) is 103 cm³/mol. The molecule has 0 saturated carbocycles. The summed E-state index contributed by atoms with van der Waals surface area (Å²) in [5.41, 5.74) is 4.20. The molecule has 0 radical (unpaired) electrons. The Labute approximate surface area is 155 Å². The Kier molecular flexibility index (Phi) is 5.38. The molecule has 7 heteroatoms. The van der Waals surface area contributed by atoms with Gasteiger partial charge in [0.25, 0.3) is 0 Å². The molecule has 2 aromatic heterocycles. The number of amides is 2. The van der Waals surface area contributed by atoms with Crippen molar-refractivity contribution in [1.82, 2.24) is 9.97 Å². The van der Waals surface area contributed by atoms with Crippen molar-refractivity contribution < 1.29 is 9.59 Å². The van der Waals surface area contributed by atoms with E-state index in [2.05, 4.69) is 20.6 Å². The monoisotopic (exact) mass is 366 g/mol. The molecule has 0 spiro atoms. The minimum atomic E-state index is -0.127. The molecular formula is C19H18N4O2S. The number of hydrogen-bond acceptors (Lipinski definition) is 5. The number of aryl methyl sites for hydroxylation is 1. The maximum absolute atomic E-state index is 12.1. The molecule has 0 aliphatic carbocycles. The highest BCUT2D eigenvalue weighted by atomic mass is 32.1. The molecule has 0 aliphatic heterocycles. The summed E-state index contributed by atoms with van der Waals surface area (Å²) >= 11 is 1.37. The number of aromatic nitrogens is 2. The van der Waals surface area contributed by atoms with Crippen LogP contribution in [0, 0.1) is 6.92 Å². The second-order valence-electron chi connectivity index (χ2n) is 5.83. The molecule has 0 saturated heterocycles. The molecule has 0 unspecified atom stereocenters. The Morgan fingerprint density at radius 1 is 1.08 bits per heavy atom. The van der Waals surface area contributed by atoms with Crippen LogP contribution >= 0.6 is 11.3 Å². The van der Waals surface area contributed by atoms with Gasteiger partial charge in [-0.25, -0.2) is 4.98 Å². The quantitative estimate of drug-likeness (QED) is 0.722. The Balaban J connectivity index is 1.63. The lowest BCUT2D eigenvalue weighted by Gasteiger charge is -2.03. The van der Waals surface area contributed by atoms with E-state index in [0.29, 0.717) is 5.13 Å². The number of nitrogens with one attached hydrogen (secondary N) is 2. The second-order valence-corrected chi connectivity index (χ2v) is 6.69. The van der Waals surface area contributed by atoms with E-state index in [9.17, 15) is 9.59 Å². The van der Waals surface area contributed by atoms with Gasteiger partial charge in [0.05, 0.1) is 12.1 Å². The van der Waals surface area contributed by atoms with E-state index in [4.69, 9.17) is 0 Å². The highest BCUT2D eigenvalue weighted by molar-refractivity contribution is 7.14. The van der Waals surface area contributed by atoms with Gasteiger partial charge in [0.1, 0.15) is 0 Å². The Morgan fingerprint density at radius 2 is 1.85 bits per heavy atom. The fourth-order valence-corrected chi connectivity index (χ4v) is 3.08. The maximum atomic E-state index is 12.1. The number of thiazole rings is 1. The van der Waals surface area contributed by atoms with E-state index in [0.717, 1.165) is 28.2 Å². The minimum Gasteiger partial charge on any atom is -0.326 e. The number of nitrogens with zero attached hydrogens (tertiary/aromatic N) is 2. The van der Waals surface area contributed by atoms with Crippen molar-refractivity contribution in [3.05, 3.63) is 59.2 Å². The number of hydrogen-bond donors (Lipinski definition) is 2. The van der Waals surface area contributed by atoms with Crippen LogP contribution in [0.2, 0.25) is 0 Å². The summed E-state index contributed by atoms with van der Waals surface area (Å²) in [6.45, 7) is 3.37. The molecule has 0 aliphatic rings. The predicted octanol–water partition coefficient (Wildman–Crippen LogP) is 3.65. The van der Waals surface area contributed by atoms with Crippen molar-refractivity contribution in [2.45, 2.75) is 20.3 Å². The Bertz CT molecular complexity index is 917. The fourth-order valence-electron chi connectivity index (χ4n) is 2.34. The Morgan fingerprint density at radius 3 is 2.50 bits per heavy atom.